The standard InChI is InChI=1S/C33H48N2O4/c1-10-22(4)15-14-18-39-28-17-13-16-24(30(28)23(5)11-2)31-26-19-27(36)25(32(37)38-12-3)20-35(26)29(21-34(31)9)33(6,7)8/h13,16-17,19-20,22,29H,10-12,14-15,18,21H2,1-9H3/b30-23+,31-24-. The number of rotatable bonds is 9. The van der Waals surface area contributed by atoms with Gasteiger partial charge in [-0.1, -0.05) is 65.7 Å². The lowest BCUT2D eigenvalue weighted by Crippen LogP contribution is -2.46. The average Bonchev–Trinajstić information content (AvgIpc) is 2.89. The van der Waals surface area contributed by atoms with Crippen molar-refractivity contribution in [1.29, 1.82) is 0 Å². The van der Waals surface area contributed by atoms with E-state index in [1.54, 1.807) is 19.2 Å². The largest absolute Gasteiger partial charge is 0.493 e. The van der Waals surface area contributed by atoms with Gasteiger partial charge in [0.05, 0.1) is 30.6 Å². The van der Waals surface area contributed by atoms with Crippen molar-refractivity contribution in [2.24, 2.45) is 11.3 Å². The van der Waals surface area contributed by atoms with Crippen molar-refractivity contribution in [3.05, 3.63) is 62.4 Å². The summed E-state index contributed by atoms with van der Waals surface area (Å²) < 4.78 is 13.7. The number of esters is 1. The Morgan fingerprint density at radius 1 is 1.18 bits per heavy atom. The van der Waals surface area contributed by atoms with Gasteiger partial charge < -0.3 is 18.9 Å². The Morgan fingerprint density at radius 3 is 2.51 bits per heavy atom. The Hall–Kier alpha value is -3.02. The van der Waals surface area contributed by atoms with Crippen LogP contribution >= 0.6 is 0 Å². The fourth-order valence-electron chi connectivity index (χ4n) is 5.31. The Bertz CT molecular complexity index is 1350. The topological polar surface area (TPSA) is 60.8 Å². The highest BCUT2D eigenvalue weighted by Gasteiger charge is 2.35. The number of ether oxygens (including phenoxy) is 2. The molecule has 0 spiro atoms. The number of hydrogen-bond acceptors (Lipinski definition) is 5. The predicted molar refractivity (Wildman–Crippen MR) is 160 cm³/mol. The van der Waals surface area contributed by atoms with Gasteiger partial charge >= 0.3 is 5.97 Å². The molecule has 0 N–H and O–H groups in total. The summed E-state index contributed by atoms with van der Waals surface area (Å²) in [7, 11) is 2.09. The van der Waals surface area contributed by atoms with Crippen LogP contribution < -0.4 is 20.6 Å². The molecule has 0 fully saturated rings. The fraction of sp³-hybridized carbons (Fsp3) is 0.576. The van der Waals surface area contributed by atoms with Gasteiger partial charge in [0.1, 0.15) is 11.3 Å². The molecular weight excluding hydrogens is 488 g/mol. The second kappa shape index (κ2) is 12.9. The van der Waals surface area contributed by atoms with Crippen LogP contribution in [-0.2, 0) is 4.74 Å². The lowest BCUT2D eigenvalue weighted by Gasteiger charge is -2.43. The molecule has 1 aromatic heterocycles. The van der Waals surface area contributed by atoms with Gasteiger partial charge in [-0.3, -0.25) is 4.79 Å². The van der Waals surface area contributed by atoms with E-state index in [9.17, 15) is 9.59 Å². The highest BCUT2D eigenvalue weighted by molar-refractivity contribution is 5.89. The number of likely N-dealkylation sites (N-methyl/N-ethyl adjacent to an activating group) is 1. The van der Waals surface area contributed by atoms with E-state index in [2.05, 4.69) is 77.1 Å². The number of carbonyl (C=O) groups excluding carboxylic acids is 1. The van der Waals surface area contributed by atoms with Crippen molar-refractivity contribution in [2.75, 3.05) is 26.8 Å². The average molecular weight is 537 g/mol. The molecule has 39 heavy (non-hydrogen) atoms. The summed E-state index contributed by atoms with van der Waals surface area (Å²) in [5.74, 6) is 1.00. The number of benzene rings is 1. The molecule has 1 aliphatic heterocycles. The first-order valence-electron chi connectivity index (χ1n) is 14.5. The monoisotopic (exact) mass is 536 g/mol. The summed E-state index contributed by atoms with van der Waals surface area (Å²) in [6.45, 7) is 18.8. The van der Waals surface area contributed by atoms with Crippen LogP contribution in [0.4, 0.5) is 0 Å². The summed E-state index contributed by atoms with van der Waals surface area (Å²) in [4.78, 5) is 28.2. The third-order valence-electron chi connectivity index (χ3n) is 8.02. The maximum Gasteiger partial charge on any atom is 0.343 e. The molecule has 0 amide bonds. The highest BCUT2D eigenvalue weighted by Crippen LogP contribution is 2.37. The van der Waals surface area contributed by atoms with Gasteiger partial charge in [0, 0.05) is 36.3 Å². The third kappa shape index (κ3) is 6.77. The van der Waals surface area contributed by atoms with Crippen molar-refractivity contribution in [1.82, 2.24) is 9.47 Å². The molecule has 0 aliphatic carbocycles. The smallest absolute Gasteiger partial charge is 0.343 e. The minimum Gasteiger partial charge on any atom is -0.493 e. The Kier molecular flexibility index (Phi) is 10.1. The molecular formula is C33H48N2O4. The van der Waals surface area contributed by atoms with Gasteiger partial charge in [-0.15, -0.1) is 0 Å². The molecule has 2 atom stereocenters. The maximum absolute atomic E-state index is 13.3. The van der Waals surface area contributed by atoms with Gasteiger partial charge in [0.25, 0.3) is 0 Å². The molecule has 0 bridgehead atoms. The molecule has 1 aliphatic rings. The SMILES string of the molecule is CCOC(=O)c1cn2c(cc1=O)/C(=c1\cccc(OCCCC(C)CC)\c1=C(/C)CC)N(C)CC2C(C)(C)C. The van der Waals surface area contributed by atoms with Crippen molar-refractivity contribution >= 4 is 17.2 Å². The van der Waals surface area contributed by atoms with Gasteiger partial charge in [0.2, 0.25) is 0 Å². The minimum absolute atomic E-state index is 0.0507. The Labute approximate surface area is 234 Å². The van der Waals surface area contributed by atoms with Crippen LogP contribution in [0.3, 0.4) is 0 Å². The summed E-state index contributed by atoms with van der Waals surface area (Å²) in [6.07, 6.45) is 5.94. The summed E-state index contributed by atoms with van der Waals surface area (Å²) in [5, 5.41) is 2.13. The number of hydrogen-bond donors (Lipinski definition) is 0. The summed E-state index contributed by atoms with van der Waals surface area (Å²) in [5.41, 5.74) is 2.66. The third-order valence-corrected chi connectivity index (χ3v) is 8.02. The van der Waals surface area contributed by atoms with Crippen molar-refractivity contribution in [3.63, 3.8) is 0 Å². The molecule has 6 heteroatoms. The van der Waals surface area contributed by atoms with E-state index >= 15 is 0 Å². The van der Waals surface area contributed by atoms with E-state index in [1.807, 2.05) is 6.07 Å². The molecule has 0 saturated carbocycles. The quantitative estimate of drug-likeness (QED) is 0.313. The van der Waals surface area contributed by atoms with Crippen LogP contribution in [-0.4, -0.2) is 42.2 Å². The van der Waals surface area contributed by atoms with Crippen LogP contribution in [0.15, 0.2) is 35.3 Å². The number of pyridine rings is 1. The zero-order valence-corrected chi connectivity index (χ0v) is 25.5. The van der Waals surface area contributed by atoms with E-state index < -0.39 is 5.97 Å². The van der Waals surface area contributed by atoms with Gasteiger partial charge in [-0.2, -0.15) is 0 Å². The van der Waals surface area contributed by atoms with Gasteiger partial charge in [-0.25, -0.2) is 4.79 Å². The molecule has 2 unspecified atom stereocenters. The second-order valence-electron chi connectivity index (χ2n) is 12.0. The van der Waals surface area contributed by atoms with Crippen LogP contribution in [0.1, 0.15) is 103 Å². The van der Waals surface area contributed by atoms with Crippen LogP contribution in [0.25, 0.3) is 11.3 Å². The number of carbonyl (C=O) groups is 1. The Balaban J connectivity index is 2.31. The van der Waals surface area contributed by atoms with Crippen molar-refractivity contribution < 1.29 is 14.3 Å². The van der Waals surface area contributed by atoms with Crippen LogP contribution in [0.5, 0.6) is 5.75 Å². The van der Waals surface area contributed by atoms with Crippen LogP contribution in [0.2, 0.25) is 0 Å². The minimum atomic E-state index is -0.574. The summed E-state index contributed by atoms with van der Waals surface area (Å²) in [6, 6.07) is 7.88. The van der Waals surface area contributed by atoms with Gasteiger partial charge in [-0.05, 0) is 50.5 Å². The fourth-order valence-corrected chi connectivity index (χ4v) is 5.31. The lowest BCUT2D eigenvalue weighted by atomic mass is 9.84. The summed E-state index contributed by atoms with van der Waals surface area (Å²) >= 11 is 0. The molecule has 0 saturated heterocycles. The van der Waals surface area contributed by atoms with Gasteiger partial charge in [0.15, 0.2) is 5.43 Å². The zero-order chi connectivity index (χ0) is 28.9. The second-order valence-corrected chi connectivity index (χ2v) is 12.0. The van der Waals surface area contributed by atoms with E-state index in [4.69, 9.17) is 9.47 Å². The maximum atomic E-state index is 13.3. The normalized spacial score (nSPS) is 18.4. The number of fused-ring (bicyclic) bond motifs is 1. The molecule has 3 rings (SSSR count). The molecule has 2 heterocycles. The van der Waals surface area contributed by atoms with E-state index in [0.29, 0.717) is 12.5 Å². The predicted octanol–water partition coefficient (Wildman–Crippen LogP) is 5.50. The molecule has 2 aromatic rings. The first kappa shape index (κ1) is 30.5. The molecule has 0 radical (unpaired) electrons. The first-order chi connectivity index (χ1) is 18.4. The van der Waals surface area contributed by atoms with E-state index in [1.165, 1.54) is 12.0 Å². The lowest BCUT2D eigenvalue weighted by molar-refractivity contribution is 0.0522. The number of nitrogens with zero attached hydrogens (tertiary/aromatic N) is 2. The molecule has 214 valence electrons. The first-order valence-corrected chi connectivity index (χ1v) is 14.5. The van der Waals surface area contributed by atoms with Crippen LogP contribution in [0, 0.1) is 11.3 Å². The van der Waals surface area contributed by atoms with Crippen molar-refractivity contribution in [2.45, 2.75) is 87.1 Å². The highest BCUT2D eigenvalue weighted by atomic mass is 16.5. The molecule has 6 nitrogen and oxygen atoms in total. The van der Waals surface area contributed by atoms with E-state index in [-0.39, 0.29) is 29.1 Å². The molecule has 1 aromatic carbocycles. The zero-order valence-electron chi connectivity index (χ0n) is 25.5. The van der Waals surface area contributed by atoms with E-state index in [0.717, 1.165) is 53.4 Å². The van der Waals surface area contributed by atoms with Crippen molar-refractivity contribution in [3.8, 4) is 5.75 Å². The Morgan fingerprint density at radius 2 is 1.90 bits per heavy atom. The number of aromatic nitrogens is 1.